The molecule has 4 rings (SSSR count). The molecular formula is C20H14ClFN4O3. The van der Waals surface area contributed by atoms with Crippen molar-refractivity contribution in [3.05, 3.63) is 65.2 Å². The van der Waals surface area contributed by atoms with Gasteiger partial charge < -0.3 is 14.6 Å². The molecule has 4 aromatic rings. The zero-order chi connectivity index (χ0) is 20.4. The predicted octanol–water partition coefficient (Wildman–Crippen LogP) is 5.00. The summed E-state index contributed by atoms with van der Waals surface area (Å²) in [6.45, 7) is 1.83. The Bertz CT molecular complexity index is 1210. The number of esters is 1. The normalized spacial score (nSPS) is 10.9. The van der Waals surface area contributed by atoms with Crippen molar-refractivity contribution in [2.45, 2.75) is 6.92 Å². The number of hydrogen-bond donors (Lipinski definition) is 1. The standard InChI is InChI=1S/C20H14ClFN4O3/c1-2-28-20(27)18-24-17(23-12-7-5-6-11(22)10-12)15-16(26-29-19(15)25-18)13-8-3-4-9-14(13)21/h3-10H,2H2,1H3,(H,23,24,25). The molecule has 2 aromatic carbocycles. The second kappa shape index (κ2) is 7.84. The minimum absolute atomic E-state index is 0.0666. The SMILES string of the molecule is CCOC(=O)c1nc(Nc2cccc(F)c2)c2c(-c3ccccc3Cl)noc2n1. The molecule has 7 nitrogen and oxygen atoms in total. The summed E-state index contributed by atoms with van der Waals surface area (Å²) in [4.78, 5) is 20.5. The van der Waals surface area contributed by atoms with Crippen molar-refractivity contribution >= 4 is 40.2 Å². The highest BCUT2D eigenvalue weighted by atomic mass is 35.5. The number of benzene rings is 2. The lowest BCUT2D eigenvalue weighted by Gasteiger charge is -2.09. The summed E-state index contributed by atoms with van der Waals surface area (Å²) in [6.07, 6.45) is 0. The lowest BCUT2D eigenvalue weighted by atomic mass is 10.1. The molecule has 29 heavy (non-hydrogen) atoms. The largest absolute Gasteiger partial charge is 0.460 e. The Morgan fingerprint density at radius 1 is 1.21 bits per heavy atom. The van der Waals surface area contributed by atoms with E-state index in [1.54, 1.807) is 43.3 Å². The van der Waals surface area contributed by atoms with Crippen molar-refractivity contribution in [2.75, 3.05) is 11.9 Å². The third kappa shape index (κ3) is 3.74. The van der Waals surface area contributed by atoms with Gasteiger partial charge in [-0.2, -0.15) is 4.98 Å². The van der Waals surface area contributed by atoms with Gasteiger partial charge in [-0.1, -0.05) is 41.0 Å². The number of fused-ring (bicyclic) bond motifs is 1. The summed E-state index contributed by atoms with van der Waals surface area (Å²) in [7, 11) is 0. The number of halogens is 2. The number of carbonyl (C=O) groups excluding carboxylic acids is 1. The Labute approximate surface area is 169 Å². The molecule has 9 heteroatoms. The van der Waals surface area contributed by atoms with Crippen LogP contribution in [0.1, 0.15) is 17.5 Å². The first kappa shape index (κ1) is 18.8. The van der Waals surface area contributed by atoms with Crippen LogP contribution in [0.5, 0.6) is 0 Å². The first-order valence-corrected chi connectivity index (χ1v) is 9.06. The molecule has 0 unspecified atom stereocenters. The molecule has 0 aliphatic heterocycles. The zero-order valence-corrected chi connectivity index (χ0v) is 15.9. The Morgan fingerprint density at radius 3 is 2.79 bits per heavy atom. The number of ether oxygens (including phenoxy) is 1. The van der Waals surface area contributed by atoms with Gasteiger partial charge in [0.2, 0.25) is 5.82 Å². The maximum atomic E-state index is 13.6. The quantitative estimate of drug-likeness (QED) is 0.461. The smallest absolute Gasteiger partial charge is 0.376 e. The van der Waals surface area contributed by atoms with Gasteiger partial charge in [0.1, 0.15) is 22.7 Å². The molecule has 0 aliphatic rings. The molecule has 0 saturated carbocycles. The highest BCUT2D eigenvalue weighted by Crippen LogP contribution is 2.36. The van der Waals surface area contributed by atoms with Crippen molar-refractivity contribution in [2.24, 2.45) is 0 Å². The van der Waals surface area contributed by atoms with Crippen molar-refractivity contribution in [3.63, 3.8) is 0 Å². The van der Waals surface area contributed by atoms with E-state index in [0.29, 0.717) is 27.4 Å². The van der Waals surface area contributed by atoms with Gasteiger partial charge in [0.25, 0.3) is 5.71 Å². The molecule has 0 atom stereocenters. The van der Waals surface area contributed by atoms with Gasteiger partial charge in [-0.15, -0.1) is 0 Å². The molecule has 2 aromatic heterocycles. The molecular weight excluding hydrogens is 399 g/mol. The molecule has 0 bridgehead atoms. The average Bonchev–Trinajstić information content (AvgIpc) is 3.13. The van der Waals surface area contributed by atoms with Gasteiger partial charge in [0.15, 0.2) is 0 Å². The van der Waals surface area contributed by atoms with E-state index in [1.165, 1.54) is 12.1 Å². The molecule has 0 fully saturated rings. The molecule has 2 heterocycles. The summed E-state index contributed by atoms with van der Waals surface area (Å²) >= 11 is 6.31. The topological polar surface area (TPSA) is 90.1 Å². The second-order valence-electron chi connectivity index (χ2n) is 5.94. The maximum absolute atomic E-state index is 13.6. The maximum Gasteiger partial charge on any atom is 0.376 e. The van der Waals surface area contributed by atoms with Crippen molar-refractivity contribution < 1.29 is 18.4 Å². The van der Waals surface area contributed by atoms with Crippen LogP contribution in [0, 0.1) is 5.82 Å². The molecule has 0 amide bonds. The van der Waals surface area contributed by atoms with Crippen molar-refractivity contribution in [1.82, 2.24) is 15.1 Å². The zero-order valence-electron chi connectivity index (χ0n) is 15.1. The van der Waals surface area contributed by atoms with Crippen LogP contribution in [-0.4, -0.2) is 27.7 Å². The van der Waals surface area contributed by atoms with Crippen LogP contribution >= 0.6 is 11.6 Å². The Morgan fingerprint density at radius 2 is 2.03 bits per heavy atom. The van der Waals surface area contributed by atoms with Crippen molar-refractivity contribution in [1.29, 1.82) is 0 Å². The van der Waals surface area contributed by atoms with Gasteiger partial charge in [-0.3, -0.25) is 0 Å². The molecule has 0 saturated heterocycles. The number of anilines is 2. The van der Waals surface area contributed by atoms with E-state index >= 15 is 0 Å². The fourth-order valence-corrected chi connectivity index (χ4v) is 3.00. The van der Waals surface area contributed by atoms with Gasteiger partial charge in [-0.05, 0) is 31.2 Å². The summed E-state index contributed by atoms with van der Waals surface area (Å²) in [5.41, 5.74) is 1.48. The van der Waals surface area contributed by atoms with Crippen LogP contribution in [0.3, 0.4) is 0 Å². The van der Waals surface area contributed by atoms with E-state index in [9.17, 15) is 9.18 Å². The first-order chi connectivity index (χ1) is 14.1. The van der Waals surface area contributed by atoms with E-state index in [2.05, 4.69) is 20.4 Å². The monoisotopic (exact) mass is 412 g/mol. The minimum Gasteiger partial charge on any atom is -0.460 e. The highest BCUT2D eigenvalue weighted by molar-refractivity contribution is 6.33. The minimum atomic E-state index is -0.715. The van der Waals surface area contributed by atoms with E-state index in [1.807, 2.05) is 0 Å². The number of hydrogen-bond acceptors (Lipinski definition) is 7. The van der Waals surface area contributed by atoms with Gasteiger partial charge in [0.05, 0.1) is 11.6 Å². The number of nitrogens with zero attached hydrogens (tertiary/aromatic N) is 3. The molecule has 146 valence electrons. The van der Waals surface area contributed by atoms with Crippen LogP contribution in [0.2, 0.25) is 5.02 Å². The lowest BCUT2D eigenvalue weighted by molar-refractivity contribution is 0.0512. The van der Waals surface area contributed by atoms with E-state index in [-0.39, 0.29) is 24.0 Å². The van der Waals surface area contributed by atoms with E-state index in [4.69, 9.17) is 20.9 Å². The second-order valence-corrected chi connectivity index (χ2v) is 6.35. The fourth-order valence-electron chi connectivity index (χ4n) is 2.77. The summed E-state index contributed by atoms with van der Waals surface area (Å²) in [6, 6.07) is 12.9. The van der Waals surface area contributed by atoms with Crippen LogP contribution in [0.15, 0.2) is 53.1 Å². The average molecular weight is 413 g/mol. The van der Waals surface area contributed by atoms with Crippen molar-refractivity contribution in [3.8, 4) is 11.3 Å². The Hall–Kier alpha value is -3.52. The van der Waals surface area contributed by atoms with Crippen LogP contribution in [0.4, 0.5) is 15.9 Å². The van der Waals surface area contributed by atoms with Crippen LogP contribution in [0.25, 0.3) is 22.4 Å². The summed E-state index contributed by atoms with van der Waals surface area (Å²) in [5, 5.41) is 7.91. The molecule has 1 N–H and O–H groups in total. The van der Waals surface area contributed by atoms with Crippen LogP contribution in [-0.2, 0) is 4.74 Å². The molecule has 0 aliphatic carbocycles. The predicted molar refractivity (Wildman–Crippen MR) is 106 cm³/mol. The van der Waals surface area contributed by atoms with E-state index < -0.39 is 11.8 Å². The number of rotatable bonds is 5. The first-order valence-electron chi connectivity index (χ1n) is 8.69. The Balaban J connectivity index is 1.92. The third-order valence-electron chi connectivity index (χ3n) is 4.01. The summed E-state index contributed by atoms with van der Waals surface area (Å²) < 4.78 is 24.0. The van der Waals surface area contributed by atoms with E-state index in [0.717, 1.165) is 0 Å². The van der Waals surface area contributed by atoms with Gasteiger partial charge >= 0.3 is 5.97 Å². The number of carbonyl (C=O) groups is 1. The van der Waals surface area contributed by atoms with Gasteiger partial charge in [0, 0.05) is 11.3 Å². The fraction of sp³-hybridized carbons (Fsp3) is 0.100. The highest BCUT2D eigenvalue weighted by Gasteiger charge is 2.23. The van der Waals surface area contributed by atoms with Crippen LogP contribution < -0.4 is 5.32 Å². The number of nitrogens with one attached hydrogen (secondary N) is 1. The summed E-state index contributed by atoms with van der Waals surface area (Å²) in [5.74, 6) is -1.14. The molecule has 0 radical (unpaired) electrons. The lowest BCUT2D eigenvalue weighted by Crippen LogP contribution is -2.11. The number of aromatic nitrogens is 3. The third-order valence-corrected chi connectivity index (χ3v) is 4.34. The molecule has 0 spiro atoms. The Kier molecular flexibility index (Phi) is 5.09. The van der Waals surface area contributed by atoms with Gasteiger partial charge in [-0.25, -0.2) is 14.2 Å².